The molecular weight excluding hydrogens is 334 g/mol. The molecule has 0 saturated carbocycles. The Bertz CT molecular complexity index is 713. The summed E-state index contributed by atoms with van der Waals surface area (Å²) in [6.45, 7) is 3.96. The van der Waals surface area contributed by atoms with Gasteiger partial charge in [0.15, 0.2) is 0 Å². The van der Waals surface area contributed by atoms with Crippen molar-refractivity contribution >= 4 is 5.91 Å². The summed E-state index contributed by atoms with van der Waals surface area (Å²) in [7, 11) is 1.67. The van der Waals surface area contributed by atoms with Crippen LogP contribution in [0.5, 0.6) is 5.75 Å². The Morgan fingerprint density at radius 2 is 1.56 bits per heavy atom. The molecule has 144 valence electrons. The first-order chi connectivity index (χ1) is 13.1. The lowest BCUT2D eigenvalue weighted by Crippen LogP contribution is -2.38. The van der Waals surface area contributed by atoms with E-state index in [2.05, 4.69) is 36.1 Å². The highest BCUT2D eigenvalue weighted by atomic mass is 16.5. The molecule has 0 aliphatic carbocycles. The van der Waals surface area contributed by atoms with Crippen LogP contribution in [0, 0.1) is 12.8 Å². The predicted molar refractivity (Wildman–Crippen MR) is 110 cm³/mol. The maximum atomic E-state index is 12.5. The fourth-order valence-electron chi connectivity index (χ4n) is 3.80. The Balaban J connectivity index is 1.37. The summed E-state index contributed by atoms with van der Waals surface area (Å²) in [6.07, 6.45) is 6.06. The lowest BCUT2D eigenvalue weighted by molar-refractivity contribution is -0.132. The number of piperidine rings is 1. The van der Waals surface area contributed by atoms with E-state index in [1.165, 1.54) is 23.1 Å². The van der Waals surface area contributed by atoms with Gasteiger partial charge in [0.25, 0.3) is 0 Å². The predicted octanol–water partition coefficient (Wildman–Crippen LogP) is 4.81. The third kappa shape index (κ3) is 5.85. The number of nitrogens with zero attached hydrogens (tertiary/aromatic N) is 1. The average molecular weight is 366 g/mol. The van der Waals surface area contributed by atoms with E-state index < -0.39 is 0 Å². The molecule has 3 heteroatoms. The number of carbonyl (C=O) groups is 1. The van der Waals surface area contributed by atoms with Crippen molar-refractivity contribution in [3.05, 3.63) is 65.2 Å². The molecule has 3 rings (SSSR count). The topological polar surface area (TPSA) is 29.5 Å². The summed E-state index contributed by atoms with van der Waals surface area (Å²) in [4.78, 5) is 14.6. The molecule has 0 aromatic heterocycles. The molecular formula is C24H31NO2. The first-order valence-corrected chi connectivity index (χ1v) is 10.1. The molecule has 0 N–H and O–H groups in total. The van der Waals surface area contributed by atoms with Gasteiger partial charge in [0.2, 0.25) is 5.91 Å². The molecule has 0 radical (unpaired) electrons. The first kappa shape index (κ1) is 19.5. The number of aryl methyl sites for hydroxylation is 3. The van der Waals surface area contributed by atoms with Crippen LogP contribution in [0.4, 0.5) is 0 Å². The number of amides is 1. The summed E-state index contributed by atoms with van der Waals surface area (Å²) in [5.41, 5.74) is 3.94. The zero-order valence-corrected chi connectivity index (χ0v) is 16.6. The maximum Gasteiger partial charge on any atom is 0.222 e. The summed E-state index contributed by atoms with van der Waals surface area (Å²) in [5.74, 6) is 1.90. The zero-order chi connectivity index (χ0) is 19.1. The lowest BCUT2D eigenvalue weighted by Gasteiger charge is -2.32. The summed E-state index contributed by atoms with van der Waals surface area (Å²) in [5, 5.41) is 0. The van der Waals surface area contributed by atoms with Gasteiger partial charge in [-0.25, -0.2) is 0 Å². The van der Waals surface area contributed by atoms with E-state index in [0.29, 0.717) is 12.3 Å². The standard InChI is InChI=1S/C24H31NO2/c1-19-3-5-20(6-4-19)7-8-22-15-17-25(18-16-22)24(26)14-11-21-9-12-23(27-2)13-10-21/h3-6,9-10,12-13,22H,7-8,11,14-18H2,1-2H3. The minimum Gasteiger partial charge on any atom is -0.497 e. The van der Waals surface area contributed by atoms with Crippen molar-refractivity contribution in [3.8, 4) is 5.75 Å². The van der Waals surface area contributed by atoms with Crippen LogP contribution in [0.1, 0.15) is 42.4 Å². The van der Waals surface area contributed by atoms with E-state index in [0.717, 1.165) is 50.4 Å². The highest BCUT2D eigenvalue weighted by molar-refractivity contribution is 5.76. The summed E-state index contributed by atoms with van der Waals surface area (Å²) in [6, 6.07) is 16.9. The second-order valence-electron chi connectivity index (χ2n) is 7.70. The number of likely N-dealkylation sites (tertiary alicyclic amines) is 1. The Morgan fingerprint density at radius 3 is 2.19 bits per heavy atom. The molecule has 1 aliphatic heterocycles. The second kappa shape index (κ2) is 9.59. The second-order valence-corrected chi connectivity index (χ2v) is 7.70. The quantitative estimate of drug-likeness (QED) is 0.705. The zero-order valence-electron chi connectivity index (χ0n) is 16.6. The lowest BCUT2D eigenvalue weighted by atomic mass is 9.90. The van der Waals surface area contributed by atoms with Gasteiger partial charge in [-0.2, -0.15) is 0 Å². The van der Waals surface area contributed by atoms with Crippen molar-refractivity contribution in [1.29, 1.82) is 0 Å². The Kier molecular flexibility index (Phi) is 6.92. The highest BCUT2D eigenvalue weighted by Gasteiger charge is 2.22. The third-order valence-electron chi connectivity index (χ3n) is 5.72. The van der Waals surface area contributed by atoms with Crippen LogP contribution in [0.3, 0.4) is 0 Å². The number of hydrogen-bond acceptors (Lipinski definition) is 2. The number of benzene rings is 2. The van der Waals surface area contributed by atoms with Gasteiger partial charge < -0.3 is 9.64 Å². The van der Waals surface area contributed by atoms with Crippen LogP contribution in [0.25, 0.3) is 0 Å². The van der Waals surface area contributed by atoms with Crippen LogP contribution in [-0.2, 0) is 17.6 Å². The highest BCUT2D eigenvalue weighted by Crippen LogP contribution is 2.23. The van der Waals surface area contributed by atoms with Gasteiger partial charge >= 0.3 is 0 Å². The molecule has 2 aromatic rings. The van der Waals surface area contributed by atoms with Crippen LogP contribution in [0.15, 0.2) is 48.5 Å². The van der Waals surface area contributed by atoms with Crippen LogP contribution in [-0.4, -0.2) is 31.0 Å². The van der Waals surface area contributed by atoms with Gasteiger partial charge in [0.05, 0.1) is 7.11 Å². The molecule has 0 spiro atoms. The van der Waals surface area contributed by atoms with Gasteiger partial charge in [0, 0.05) is 19.5 Å². The average Bonchev–Trinajstić information content (AvgIpc) is 2.72. The smallest absolute Gasteiger partial charge is 0.222 e. The van der Waals surface area contributed by atoms with E-state index >= 15 is 0 Å². The minimum absolute atomic E-state index is 0.294. The number of ether oxygens (including phenoxy) is 1. The Morgan fingerprint density at radius 1 is 0.963 bits per heavy atom. The Labute approximate surface area is 163 Å². The van der Waals surface area contributed by atoms with Crippen molar-refractivity contribution in [2.24, 2.45) is 5.92 Å². The van der Waals surface area contributed by atoms with E-state index in [1.54, 1.807) is 7.11 Å². The van der Waals surface area contributed by atoms with E-state index in [1.807, 2.05) is 24.3 Å². The molecule has 0 atom stereocenters. The van der Waals surface area contributed by atoms with Gasteiger partial charge in [-0.15, -0.1) is 0 Å². The normalized spacial score (nSPS) is 15.0. The number of hydrogen-bond donors (Lipinski definition) is 0. The molecule has 27 heavy (non-hydrogen) atoms. The largest absolute Gasteiger partial charge is 0.497 e. The molecule has 1 aliphatic rings. The molecule has 1 heterocycles. The van der Waals surface area contributed by atoms with Crippen LogP contribution < -0.4 is 4.74 Å². The maximum absolute atomic E-state index is 12.5. The first-order valence-electron chi connectivity index (χ1n) is 10.1. The molecule has 0 unspecified atom stereocenters. The van der Waals surface area contributed by atoms with Gasteiger partial charge in [-0.05, 0) is 68.2 Å². The van der Waals surface area contributed by atoms with Crippen molar-refractivity contribution in [2.45, 2.75) is 45.4 Å². The summed E-state index contributed by atoms with van der Waals surface area (Å²) < 4.78 is 5.18. The molecule has 1 saturated heterocycles. The van der Waals surface area contributed by atoms with E-state index in [4.69, 9.17) is 4.74 Å². The van der Waals surface area contributed by atoms with Crippen LogP contribution in [0.2, 0.25) is 0 Å². The van der Waals surface area contributed by atoms with E-state index in [9.17, 15) is 4.79 Å². The third-order valence-corrected chi connectivity index (χ3v) is 5.72. The number of methoxy groups -OCH3 is 1. The van der Waals surface area contributed by atoms with Gasteiger partial charge in [-0.1, -0.05) is 42.0 Å². The van der Waals surface area contributed by atoms with Crippen molar-refractivity contribution < 1.29 is 9.53 Å². The van der Waals surface area contributed by atoms with E-state index in [-0.39, 0.29) is 0 Å². The summed E-state index contributed by atoms with van der Waals surface area (Å²) >= 11 is 0. The molecule has 1 fully saturated rings. The molecule has 0 bridgehead atoms. The number of rotatable bonds is 7. The number of carbonyl (C=O) groups excluding carboxylic acids is 1. The Hall–Kier alpha value is -2.29. The van der Waals surface area contributed by atoms with Crippen LogP contribution >= 0.6 is 0 Å². The van der Waals surface area contributed by atoms with Gasteiger partial charge in [-0.3, -0.25) is 4.79 Å². The fourth-order valence-corrected chi connectivity index (χ4v) is 3.80. The monoisotopic (exact) mass is 365 g/mol. The van der Waals surface area contributed by atoms with Crippen molar-refractivity contribution in [3.63, 3.8) is 0 Å². The fraction of sp³-hybridized carbons (Fsp3) is 0.458. The van der Waals surface area contributed by atoms with Crippen molar-refractivity contribution in [2.75, 3.05) is 20.2 Å². The molecule has 3 nitrogen and oxygen atoms in total. The minimum atomic E-state index is 0.294. The van der Waals surface area contributed by atoms with Crippen molar-refractivity contribution in [1.82, 2.24) is 4.90 Å². The SMILES string of the molecule is COc1ccc(CCC(=O)N2CCC(CCc3ccc(C)cc3)CC2)cc1. The van der Waals surface area contributed by atoms with Gasteiger partial charge in [0.1, 0.15) is 5.75 Å². The molecule has 1 amide bonds. The molecule has 2 aromatic carbocycles.